The molecule has 2 N–H and O–H groups in total. The van der Waals surface area contributed by atoms with Crippen LogP contribution in [0, 0.1) is 0 Å². The van der Waals surface area contributed by atoms with Gasteiger partial charge in [0.05, 0.1) is 6.61 Å². The summed E-state index contributed by atoms with van der Waals surface area (Å²) in [6.07, 6.45) is 8.88. The smallest absolute Gasteiger partial charge is 0.303 e. The Labute approximate surface area is 166 Å². The van der Waals surface area contributed by atoms with Crippen molar-refractivity contribution in [1.29, 1.82) is 0 Å². The largest absolute Gasteiger partial charge is 0.494 e. The Morgan fingerprint density at radius 2 is 1.69 bits per heavy atom. The number of benzene rings is 1. The average Bonchev–Trinajstić information content (AvgIpc) is 2.56. The summed E-state index contributed by atoms with van der Waals surface area (Å²) in [6.45, 7) is 5.16. The summed E-state index contributed by atoms with van der Waals surface area (Å²) >= 11 is 0. The van der Waals surface area contributed by atoms with Crippen molar-refractivity contribution in [2.24, 2.45) is 0 Å². The first-order valence-corrected chi connectivity index (χ1v) is 9.55. The SMILES string of the molecule is CNC(C)(C)Cc1cccc(OCCCCCCCCCC(=O)O)c1.S. The molecule has 0 bridgehead atoms. The number of likely N-dealkylation sites (N-methyl/N-ethyl adjacent to an activating group) is 1. The van der Waals surface area contributed by atoms with E-state index in [0.717, 1.165) is 44.5 Å². The van der Waals surface area contributed by atoms with Crippen molar-refractivity contribution in [2.75, 3.05) is 13.7 Å². The minimum atomic E-state index is -0.685. The molecular formula is C21H37NO3S. The molecule has 0 unspecified atom stereocenters. The van der Waals surface area contributed by atoms with Crippen molar-refractivity contribution >= 4 is 19.5 Å². The maximum Gasteiger partial charge on any atom is 0.303 e. The van der Waals surface area contributed by atoms with Crippen LogP contribution in [0.25, 0.3) is 0 Å². The van der Waals surface area contributed by atoms with E-state index in [9.17, 15) is 4.79 Å². The Bertz CT molecular complexity index is 506. The molecule has 0 saturated heterocycles. The number of unbranched alkanes of at least 4 members (excludes halogenated alkanes) is 6. The van der Waals surface area contributed by atoms with Gasteiger partial charge in [0.15, 0.2) is 0 Å². The number of hydrogen-bond donors (Lipinski definition) is 2. The van der Waals surface area contributed by atoms with Crippen LogP contribution < -0.4 is 10.1 Å². The van der Waals surface area contributed by atoms with E-state index < -0.39 is 5.97 Å². The van der Waals surface area contributed by atoms with Gasteiger partial charge in [-0.25, -0.2) is 0 Å². The Morgan fingerprint density at radius 1 is 1.08 bits per heavy atom. The van der Waals surface area contributed by atoms with Crippen LogP contribution in [0.2, 0.25) is 0 Å². The summed E-state index contributed by atoms with van der Waals surface area (Å²) in [7, 11) is 1.99. The molecular weight excluding hydrogens is 346 g/mol. The maximum absolute atomic E-state index is 10.4. The fourth-order valence-electron chi connectivity index (χ4n) is 2.80. The van der Waals surface area contributed by atoms with Gasteiger partial charge < -0.3 is 15.2 Å². The van der Waals surface area contributed by atoms with Gasteiger partial charge in [-0.15, -0.1) is 0 Å². The van der Waals surface area contributed by atoms with Gasteiger partial charge in [-0.3, -0.25) is 4.79 Å². The molecule has 150 valence electrons. The zero-order valence-corrected chi connectivity index (χ0v) is 17.6. The monoisotopic (exact) mass is 383 g/mol. The molecule has 0 atom stereocenters. The standard InChI is InChI=1S/C21H35NO3.H2S/c1-21(2,22-3)17-18-12-11-13-19(16-18)25-15-10-8-6-4-5-7-9-14-20(23)24;/h11-13,16,22H,4-10,14-15,17H2,1-3H3,(H,23,24);1H2. The van der Waals surface area contributed by atoms with Gasteiger partial charge in [-0.2, -0.15) is 13.5 Å². The van der Waals surface area contributed by atoms with Crippen molar-refractivity contribution in [1.82, 2.24) is 5.32 Å². The third kappa shape index (κ3) is 12.2. The van der Waals surface area contributed by atoms with Crippen LogP contribution in [-0.4, -0.2) is 30.3 Å². The molecule has 0 amide bonds. The molecule has 1 aromatic carbocycles. The van der Waals surface area contributed by atoms with Gasteiger partial charge in [-0.05, 0) is 57.9 Å². The average molecular weight is 384 g/mol. The summed E-state index contributed by atoms with van der Waals surface area (Å²) in [5.74, 6) is 0.272. The maximum atomic E-state index is 10.4. The van der Waals surface area contributed by atoms with E-state index in [1.165, 1.54) is 24.8 Å². The molecule has 26 heavy (non-hydrogen) atoms. The molecule has 0 saturated carbocycles. The lowest BCUT2D eigenvalue weighted by Gasteiger charge is -2.24. The molecule has 0 radical (unpaired) electrons. The molecule has 5 heteroatoms. The van der Waals surface area contributed by atoms with Gasteiger partial charge in [0.1, 0.15) is 5.75 Å². The highest BCUT2D eigenvalue weighted by Crippen LogP contribution is 2.18. The molecule has 0 aliphatic rings. The van der Waals surface area contributed by atoms with Crippen LogP contribution in [0.1, 0.15) is 70.8 Å². The number of aliphatic carboxylic acids is 1. The van der Waals surface area contributed by atoms with Gasteiger partial charge >= 0.3 is 5.97 Å². The van der Waals surface area contributed by atoms with Crippen molar-refractivity contribution < 1.29 is 14.6 Å². The van der Waals surface area contributed by atoms with Crippen molar-refractivity contribution in [3.05, 3.63) is 29.8 Å². The summed E-state index contributed by atoms with van der Waals surface area (Å²) in [5.41, 5.74) is 1.38. The van der Waals surface area contributed by atoms with E-state index >= 15 is 0 Å². The van der Waals surface area contributed by atoms with Crippen LogP contribution in [-0.2, 0) is 11.2 Å². The lowest BCUT2D eigenvalue weighted by Crippen LogP contribution is -2.38. The first-order chi connectivity index (χ1) is 11.9. The van der Waals surface area contributed by atoms with E-state index in [2.05, 4.69) is 37.4 Å². The van der Waals surface area contributed by atoms with E-state index in [-0.39, 0.29) is 19.0 Å². The normalized spacial score (nSPS) is 11.0. The van der Waals surface area contributed by atoms with E-state index in [1.807, 2.05) is 13.1 Å². The topological polar surface area (TPSA) is 58.6 Å². The summed E-state index contributed by atoms with van der Waals surface area (Å²) in [6, 6.07) is 8.38. The van der Waals surface area contributed by atoms with Crippen molar-refractivity contribution in [3.8, 4) is 5.75 Å². The van der Waals surface area contributed by atoms with Crippen LogP contribution in [0.5, 0.6) is 5.75 Å². The number of ether oxygens (including phenoxy) is 1. The van der Waals surface area contributed by atoms with Crippen LogP contribution in [0.15, 0.2) is 24.3 Å². The molecule has 1 rings (SSSR count). The Morgan fingerprint density at radius 3 is 2.31 bits per heavy atom. The van der Waals surface area contributed by atoms with E-state index in [0.29, 0.717) is 6.42 Å². The highest BCUT2D eigenvalue weighted by Gasteiger charge is 2.15. The van der Waals surface area contributed by atoms with E-state index in [1.54, 1.807) is 0 Å². The number of carboxylic acid groups (broad SMARTS) is 1. The predicted molar refractivity (Wildman–Crippen MR) is 114 cm³/mol. The minimum Gasteiger partial charge on any atom is -0.494 e. The number of nitrogens with one attached hydrogen (secondary N) is 1. The fraction of sp³-hybridized carbons (Fsp3) is 0.667. The molecule has 0 heterocycles. The second-order valence-corrected chi connectivity index (χ2v) is 7.43. The van der Waals surface area contributed by atoms with Gasteiger partial charge in [0, 0.05) is 12.0 Å². The van der Waals surface area contributed by atoms with Gasteiger partial charge in [0.2, 0.25) is 0 Å². The van der Waals surface area contributed by atoms with Crippen LogP contribution in [0.3, 0.4) is 0 Å². The summed E-state index contributed by atoms with van der Waals surface area (Å²) in [5, 5.41) is 11.9. The quantitative estimate of drug-likeness (QED) is 0.448. The molecule has 0 aliphatic heterocycles. The molecule has 0 fully saturated rings. The van der Waals surface area contributed by atoms with Crippen molar-refractivity contribution in [2.45, 2.75) is 77.2 Å². The highest BCUT2D eigenvalue weighted by molar-refractivity contribution is 7.59. The number of carboxylic acids is 1. The fourth-order valence-corrected chi connectivity index (χ4v) is 2.80. The van der Waals surface area contributed by atoms with Crippen LogP contribution >= 0.6 is 13.5 Å². The Balaban J connectivity index is 0.00000625. The highest BCUT2D eigenvalue weighted by atomic mass is 32.1. The number of rotatable bonds is 14. The lowest BCUT2D eigenvalue weighted by molar-refractivity contribution is -0.137. The molecule has 0 aromatic heterocycles. The number of carbonyl (C=O) groups is 1. The third-order valence-electron chi connectivity index (χ3n) is 4.52. The third-order valence-corrected chi connectivity index (χ3v) is 4.52. The summed E-state index contributed by atoms with van der Waals surface area (Å²) in [4.78, 5) is 10.4. The van der Waals surface area contributed by atoms with Crippen LogP contribution in [0.4, 0.5) is 0 Å². The second-order valence-electron chi connectivity index (χ2n) is 7.43. The zero-order valence-electron chi connectivity index (χ0n) is 16.6. The molecule has 0 aliphatic carbocycles. The Kier molecular flexibility index (Phi) is 13.3. The Hall–Kier alpha value is -1.20. The minimum absolute atomic E-state index is 0. The van der Waals surface area contributed by atoms with Gasteiger partial charge in [-0.1, -0.05) is 44.2 Å². The molecule has 1 aromatic rings. The number of hydrogen-bond acceptors (Lipinski definition) is 3. The van der Waals surface area contributed by atoms with E-state index in [4.69, 9.17) is 9.84 Å². The second kappa shape index (κ2) is 13.9. The molecule has 0 spiro atoms. The predicted octanol–water partition coefficient (Wildman–Crippen LogP) is 4.92. The van der Waals surface area contributed by atoms with Gasteiger partial charge in [0.25, 0.3) is 0 Å². The molecule has 4 nitrogen and oxygen atoms in total. The summed E-state index contributed by atoms with van der Waals surface area (Å²) < 4.78 is 5.88. The first-order valence-electron chi connectivity index (χ1n) is 9.55. The zero-order chi connectivity index (χ0) is 18.5. The van der Waals surface area contributed by atoms with Crippen molar-refractivity contribution in [3.63, 3.8) is 0 Å². The first kappa shape index (κ1) is 24.8. The lowest BCUT2D eigenvalue weighted by atomic mass is 9.95.